The molecule has 0 spiro atoms. The van der Waals surface area contributed by atoms with E-state index in [0.29, 0.717) is 43.3 Å². The highest BCUT2D eigenvalue weighted by Crippen LogP contribution is 2.24. The lowest BCUT2D eigenvalue weighted by molar-refractivity contribution is 0.0740. The van der Waals surface area contributed by atoms with Crippen LogP contribution in [0.3, 0.4) is 0 Å². The van der Waals surface area contributed by atoms with Crippen LogP contribution in [0.15, 0.2) is 54.6 Å². The molecule has 4 rings (SSSR count). The number of rotatable bonds is 4. The number of aromatic amines is 1. The first-order chi connectivity index (χ1) is 13.7. The van der Waals surface area contributed by atoms with Crippen LogP contribution in [0.4, 0.5) is 10.1 Å². The second kappa shape index (κ2) is 7.72. The van der Waals surface area contributed by atoms with Crippen molar-refractivity contribution in [3.05, 3.63) is 66.1 Å². The minimum Gasteiger partial charge on any atom is -0.497 e. The van der Waals surface area contributed by atoms with Gasteiger partial charge in [-0.1, -0.05) is 24.3 Å². The smallest absolute Gasteiger partial charge is 0.272 e. The van der Waals surface area contributed by atoms with Gasteiger partial charge in [-0.2, -0.15) is 5.10 Å². The molecule has 0 radical (unpaired) electrons. The molecular formula is C21H21FN4O2. The molecule has 2 heterocycles. The number of aromatic nitrogens is 2. The molecule has 1 aromatic heterocycles. The van der Waals surface area contributed by atoms with Gasteiger partial charge in [0.05, 0.1) is 18.5 Å². The number of nitrogens with one attached hydrogen (secondary N) is 1. The molecule has 144 valence electrons. The molecule has 2 aromatic carbocycles. The number of carbonyl (C=O) groups excluding carboxylic acids is 1. The number of nitrogens with zero attached hydrogens (tertiary/aromatic N) is 3. The van der Waals surface area contributed by atoms with Gasteiger partial charge < -0.3 is 14.5 Å². The minimum atomic E-state index is -0.237. The van der Waals surface area contributed by atoms with E-state index in [1.807, 2.05) is 35.2 Å². The number of methoxy groups -OCH3 is 1. The number of halogens is 1. The van der Waals surface area contributed by atoms with Gasteiger partial charge >= 0.3 is 0 Å². The fraction of sp³-hybridized carbons (Fsp3) is 0.238. The summed E-state index contributed by atoms with van der Waals surface area (Å²) >= 11 is 0. The Labute approximate surface area is 162 Å². The van der Waals surface area contributed by atoms with Gasteiger partial charge in [0.1, 0.15) is 17.3 Å². The van der Waals surface area contributed by atoms with Gasteiger partial charge in [-0.15, -0.1) is 0 Å². The summed E-state index contributed by atoms with van der Waals surface area (Å²) in [5.41, 5.74) is 2.58. The van der Waals surface area contributed by atoms with Crippen molar-refractivity contribution in [2.24, 2.45) is 0 Å². The average Bonchev–Trinajstić information content (AvgIpc) is 3.24. The zero-order valence-corrected chi connectivity index (χ0v) is 15.6. The van der Waals surface area contributed by atoms with Crippen molar-refractivity contribution >= 4 is 11.6 Å². The highest BCUT2D eigenvalue weighted by Gasteiger charge is 2.24. The van der Waals surface area contributed by atoms with E-state index in [0.717, 1.165) is 11.3 Å². The van der Waals surface area contributed by atoms with Crippen molar-refractivity contribution in [2.45, 2.75) is 0 Å². The van der Waals surface area contributed by atoms with Crippen molar-refractivity contribution in [1.29, 1.82) is 0 Å². The summed E-state index contributed by atoms with van der Waals surface area (Å²) in [5.74, 6) is 0.395. The van der Waals surface area contributed by atoms with E-state index in [2.05, 4.69) is 10.2 Å². The molecule has 7 heteroatoms. The third kappa shape index (κ3) is 3.55. The van der Waals surface area contributed by atoms with Crippen LogP contribution in [-0.4, -0.2) is 54.3 Å². The summed E-state index contributed by atoms with van der Waals surface area (Å²) in [5, 5.41) is 7.10. The second-order valence-corrected chi connectivity index (χ2v) is 6.63. The monoisotopic (exact) mass is 380 g/mol. The number of ether oxygens (including phenoxy) is 1. The van der Waals surface area contributed by atoms with E-state index < -0.39 is 0 Å². The number of piperazine rings is 1. The molecular weight excluding hydrogens is 359 g/mol. The van der Waals surface area contributed by atoms with Gasteiger partial charge in [0.25, 0.3) is 5.91 Å². The minimum absolute atomic E-state index is 0.102. The first-order valence-corrected chi connectivity index (χ1v) is 9.14. The quantitative estimate of drug-likeness (QED) is 0.755. The van der Waals surface area contributed by atoms with Crippen LogP contribution in [0.25, 0.3) is 11.3 Å². The van der Waals surface area contributed by atoms with Gasteiger partial charge in [-0.05, 0) is 30.3 Å². The number of carbonyl (C=O) groups is 1. The standard InChI is InChI=1S/C21H21FN4O2/c1-28-16-6-4-5-15(13-16)18-14-19(24-23-18)21(27)26-11-9-25(10-12-26)20-8-3-2-7-17(20)22/h2-8,13-14H,9-12H2,1H3,(H,23,24). The van der Waals surface area contributed by atoms with Crippen LogP contribution in [0.2, 0.25) is 0 Å². The molecule has 1 fully saturated rings. The number of anilines is 1. The Morgan fingerprint density at radius 2 is 1.86 bits per heavy atom. The van der Waals surface area contributed by atoms with Crippen LogP contribution in [0.5, 0.6) is 5.75 Å². The topological polar surface area (TPSA) is 61.5 Å². The number of H-pyrrole nitrogens is 1. The highest BCUT2D eigenvalue weighted by atomic mass is 19.1. The van der Waals surface area contributed by atoms with Gasteiger partial charge in [0.2, 0.25) is 0 Å². The predicted molar refractivity (Wildman–Crippen MR) is 105 cm³/mol. The fourth-order valence-corrected chi connectivity index (χ4v) is 3.39. The molecule has 0 unspecified atom stereocenters. The van der Waals surface area contributed by atoms with Gasteiger partial charge in [0, 0.05) is 31.7 Å². The molecule has 1 aliphatic heterocycles. The average molecular weight is 380 g/mol. The lowest BCUT2D eigenvalue weighted by atomic mass is 10.1. The number of hydrogen-bond donors (Lipinski definition) is 1. The van der Waals surface area contributed by atoms with E-state index in [-0.39, 0.29) is 11.7 Å². The first-order valence-electron chi connectivity index (χ1n) is 9.14. The maximum atomic E-state index is 14.0. The van der Waals surface area contributed by atoms with E-state index in [9.17, 15) is 9.18 Å². The van der Waals surface area contributed by atoms with E-state index in [1.54, 1.807) is 30.2 Å². The summed E-state index contributed by atoms with van der Waals surface area (Å²) in [6.07, 6.45) is 0. The number of para-hydroxylation sites is 1. The number of hydrogen-bond acceptors (Lipinski definition) is 4. The zero-order chi connectivity index (χ0) is 19.5. The highest BCUT2D eigenvalue weighted by molar-refractivity contribution is 5.93. The van der Waals surface area contributed by atoms with Gasteiger partial charge in [-0.3, -0.25) is 9.89 Å². The molecule has 3 aromatic rings. The summed E-state index contributed by atoms with van der Waals surface area (Å²) in [7, 11) is 1.61. The summed E-state index contributed by atoms with van der Waals surface area (Å²) in [4.78, 5) is 16.5. The van der Waals surface area contributed by atoms with Crippen molar-refractivity contribution < 1.29 is 13.9 Å². The Balaban J connectivity index is 1.43. The van der Waals surface area contributed by atoms with Crippen LogP contribution in [0.1, 0.15) is 10.5 Å². The maximum absolute atomic E-state index is 14.0. The number of amides is 1. The third-order valence-electron chi connectivity index (χ3n) is 4.93. The summed E-state index contributed by atoms with van der Waals surface area (Å²) in [6.45, 7) is 2.23. The van der Waals surface area contributed by atoms with Gasteiger partial charge in [0.15, 0.2) is 0 Å². The largest absolute Gasteiger partial charge is 0.497 e. The second-order valence-electron chi connectivity index (χ2n) is 6.63. The predicted octanol–water partition coefficient (Wildman–Crippen LogP) is 3.19. The lowest BCUT2D eigenvalue weighted by Crippen LogP contribution is -2.49. The zero-order valence-electron chi connectivity index (χ0n) is 15.6. The van der Waals surface area contributed by atoms with Gasteiger partial charge in [-0.25, -0.2) is 4.39 Å². The van der Waals surface area contributed by atoms with Crippen LogP contribution < -0.4 is 9.64 Å². The normalized spacial score (nSPS) is 14.2. The SMILES string of the molecule is COc1cccc(-c2cc(C(=O)N3CCN(c4ccccc4F)CC3)[nH]n2)c1. The van der Waals surface area contributed by atoms with Crippen LogP contribution in [0, 0.1) is 5.82 Å². The molecule has 1 amide bonds. The molecule has 0 atom stereocenters. The third-order valence-corrected chi connectivity index (χ3v) is 4.93. The van der Waals surface area contributed by atoms with Crippen molar-refractivity contribution in [3.63, 3.8) is 0 Å². The summed E-state index contributed by atoms with van der Waals surface area (Å²) < 4.78 is 19.2. The van der Waals surface area contributed by atoms with Crippen LogP contribution >= 0.6 is 0 Å². The Morgan fingerprint density at radius 1 is 1.07 bits per heavy atom. The molecule has 1 N–H and O–H groups in total. The van der Waals surface area contributed by atoms with Crippen LogP contribution in [-0.2, 0) is 0 Å². The maximum Gasteiger partial charge on any atom is 0.272 e. The van der Waals surface area contributed by atoms with Crippen molar-refractivity contribution in [1.82, 2.24) is 15.1 Å². The Bertz CT molecular complexity index is 980. The van der Waals surface area contributed by atoms with E-state index in [1.165, 1.54) is 6.07 Å². The Kier molecular flexibility index (Phi) is 4.97. The fourth-order valence-electron chi connectivity index (χ4n) is 3.39. The number of benzene rings is 2. The van der Waals surface area contributed by atoms with E-state index >= 15 is 0 Å². The molecule has 1 aliphatic rings. The summed E-state index contributed by atoms with van der Waals surface area (Å²) in [6, 6.07) is 16.0. The lowest BCUT2D eigenvalue weighted by Gasteiger charge is -2.36. The van der Waals surface area contributed by atoms with Crippen molar-refractivity contribution in [3.8, 4) is 17.0 Å². The molecule has 0 aliphatic carbocycles. The molecule has 6 nitrogen and oxygen atoms in total. The van der Waals surface area contributed by atoms with E-state index in [4.69, 9.17) is 4.74 Å². The molecule has 0 bridgehead atoms. The molecule has 1 saturated heterocycles. The Morgan fingerprint density at radius 3 is 2.61 bits per heavy atom. The van der Waals surface area contributed by atoms with Crippen molar-refractivity contribution in [2.75, 3.05) is 38.2 Å². The first kappa shape index (κ1) is 18.0. The Hall–Kier alpha value is -3.35. The molecule has 28 heavy (non-hydrogen) atoms. The molecule has 0 saturated carbocycles.